The number of hydrogen-bond acceptors (Lipinski definition) is 6. The lowest BCUT2D eigenvalue weighted by molar-refractivity contribution is -0.221. The van der Waals surface area contributed by atoms with E-state index < -0.39 is 12.1 Å². The lowest BCUT2D eigenvalue weighted by Crippen LogP contribution is -2.30. The van der Waals surface area contributed by atoms with Crippen LogP contribution >= 0.6 is 11.8 Å². The highest BCUT2D eigenvalue weighted by molar-refractivity contribution is 8.03. The molecule has 0 amide bonds. The van der Waals surface area contributed by atoms with Crippen molar-refractivity contribution in [3.8, 4) is 5.40 Å². The average molecular weight is 271 g/mol. The number of rotatable bonds is 4. The van der Waals surface area contributed by atoms with Gasteiger partial charge in [-0.2, -0.15) is 5.26 Å². The Morgan fingerprint density at radius 2 is 2.11 bits per heavy atom. The van der Waals surface area contributed by atoms with Crippen LogP contribution in [0, 0.1) is 10.7 Å². The van der Waals surface area contributed by atoms with Crippen LogP contribution in [0.2, 0.25) is 0 Å². The van der Waals surface area contributed by atoms with Crippen molar-refractivity contribution in [1.29, 1.82) is 5.26 Å². The van der Waals surface area contributed by atoms with E-state index in [2.05, 4.69) is 0 Å². The molecule has 0 unspecified atom stereocenters. The minimum Gasteiger partial charge on any atom is -0.353 e. The molecule has 2 fully saturated rings. The fourth-order valence-corrected chi connectivity index (χ4v) is 2.49. The van der Waals surface area contributed by atoms with Gasteiger partial charge < -0.3 is 18.9 Å². The predicted molar refractivity (Wildman–Crippen MR) is 66.7 cm³/mol. The van der Waals surface area contributed by atoms with Gasteiger partial charge in [0.2, 0.25) is 0 Å². The lowest BCUT2D eigenvalue weighted by atomic mass is 10.1. The van der Waals surface area contributed by atoms with E-state index in [0.29, 0.717) is 5.75 Å². The second-order valence-corrected chi connectivity index (χ2v) is 5.40. The van der Waals surface area contributed by atoms with E-state index in [1.54, 1.807) is 7.11 Å². The monoisotopic (exact) mass is 271 g/mol. The Balaban J connectivity index is 2.00. The van der Waals surface area contributed by atoms with Crippen molar-refractivity contribution in [2.45, 2.75) is 44.2 Å². The summed E-state index contributed by atoms with van der Waals surface area (Å²) >= 11 is 1.18. The average Bonchev–Trinajstić information content (AvgIpc) is 2.78. The van der Waals surface area contributed by atoms with Gasteiger partial charge in [0.25, 0.3) is 0 Å². The molecule has 0 aromatic heterocycles. The van der Waals surface area contributed by atoms with Gasteiger partial charge in [-0.3, -0.25) is 0 Å². The highest BCUT2D eigenvalue weighted by Crippen LogP contribution is 2.39. The van der Waals surface area contributed by atoms with Crippen LogP contribution < -0.4 is 0 Å². The van der Waals surface area contributed by atoms with Gasteiger partial charge in [0.15, 0.2) is 12.1 Å². The maximum absolute atomic E-state index is 8.44. The molecule has 0 aromatic carbocycles. The summed E-state index contributed by atoms with van der Waals surface area (Å²) in [5, 5.41) is 10.5. The zero-order valence-corrected chi connectivity index (χ0v) is 11.5. The molecule has 4 atom stereocenters. The van der Waals surface area contributed by atoms with Gasteiger partial charge in [0.1, 0.15) is 23.7 Å². The lowest BCUT2D eigenvalue weighted by Gasteiger charge is -2.22. The van der Waals surface area contributed by atoms with Crippen molar-refractivity contribution in [2.75, 3.05) is 12.9 Å². The second-order valence-electron chi connectivity index (χ2n) is 4.60. The van der Waals surface area contributed by atoms with Gasteiger partial charge in [-0.25, -0.2) is 0 Å². The third-order valence-electron chi connectivity index (χ3n) is 2.85. The molecule has 0 aromatic rings. The summed E-state index contributed by atoms with van der Waals surface area (Å²) in [4.78, 5) is 0. The van der Waals surface area contributed by atoms with Crippen molar-refractivity contribution < 1.29 is 18.9 Å². The summed E-state index contributed by atoms with van der Waals surface area (Å²) < 4.78 is 22.6. The standard InChI is InChI=1S/C12H17NO4S/c1-12(2)16-9-8(5-4-6-18-7-13)15-11(14-3)10(9)17-12/h4-5,8-11H,6H2,1-3H3/b5-4+/t8-,9-,10-,11-/m1/s1. The second kappa shape index (κ2) is 5.59. The Bertz CT molecular complexity index is 366. The molecule has 0 N–H and O–H groups in total. The summed E-state index contributed by atoms with van der Waals surface area (Å²) in [6.45, 7) is 3.76. The van der Waals surface area contributed by atoms with Crippen molar-refractivity contribution in [2.24, 2.45) is 0 Å². The largest absolute Gasteiger partial charge is 0.353 e. The molecular weight excluding hydrogens is 254 g/mol. The van der Waals surface area contributed by atoms with Crippen LogP contribution in [0.5, 0.6) is 0 Å². The predicted octanol–water partition coefficient (Wildman–Crippen LogP) is 1.65. The Labute approximate surface area is 111 Å². The molecule has 2 rings (SSSR count). The van der Waals surface area contributed by atoms with Gasteiger partial charge in [-0.1, -0.05) is 12.2 Å². The smallest absolute Gasteiger partial charge is 0.187 e. The first-order valence-corrected chi connectivity index (χ1v) is 6.77. The number of fused-ring (bicyclic) bond motifs is 1. The van der Waals surface area contributed by atoms with Crippen LogP contribution in [0.15, 0.2) is 12.2 Å². The van der Waals surface area contributed by atoms with Gasteiger partial charge >= 0.3 is 0 Å². The highest BCUT2D eigenvalue weighted by atomic mass is 32.2. The topological polar surface area (TPSA) is 60.7 Å². The number of hydrogen-bond donors (Lipinski definition) is 0. The maximum Gasteiger partial charge on any atom is 0.187 e. The third kappa shape index (κ3) is 2.87. The van der Waals surface area contributed by atoms with Crippen LogP contribution in [0.3, 0.4) is 0 Å². The molecule has 0 aliphatic carbocycles. The van der Waals surface area contributed by atoms with Crippen LogP contribution in [0.4, 0.5) is 0 Å². The molecule has 2 heterocycles. The summed E-state index contributed by atoms with van der Waals surface area (Å²) in [6, 6.07) is 0. The van der Waals surface area contributed by atoms with Crippen LogP contribution in [0.1, 0.15) is 13.8 Å². The summed E-state index contributed by atoms with van der Waals surface area (Å²) in [5.74, 6) is 0.0268. The molecule has 6 heteroatoms. The number of methoxy groups -OCH3 is 1. The Hall–Kier alpha value is -0.580. The number of thioether (sulfide) groups is 1. The van der Waals surface area contributed by atoms with Gasteiger partial charge in [-0.15, -0.1) is 0 Å². The van der Waals surface area contributed by atoms with Crippen molar-refractivity contribution in [3.63, 3.8) is 0 Å². The highest BCUT2D eigenvalue weighted by Gasteiger charge is 2.54. The molecular formula is C12H17NO4S. The Kier molecular flexibility index (Phi) is 4.30. The third-order valence-corrected chi connectivity index (χ3v) is 3.34. The summed E-state index contributed by atoms with van der Waals surface area (Å²) in [5.41, 5.74) is 0. The number of nitriles is 1. The van der Waals surface area contributed by atoms with Crippen molar-refractivity contribution in [1.82, 2.24) is 0 Å². The fraction of sp³-hybridized carbons (Fsp3) is 0.750. The first kappa shape index (κ1) is 13.8. The van der Waals surface area contributed by atoms with Gasteiger partial charge in [0, 0.05) is 12.9 Å². The molecule has 0 radical (unpaired) electrons. The first-order valence-electron chi connectivity index (χ1n) is 5.79. The molecule has 0 saturated carbocycles. The Morgan fingerprint density at radius 3 is 2.78 bits per heavy atom. The quantitative estimate of drug-likeness (QED) is 0.440. The fourth-order valence-electron chi connectivity index (χ4n) is 2.21. The molecule has 0 bridgehead atoms. The molecule has 100 valence electrons. The molecule has 0 spiro atoms. The summed E-state index contributed by atoms with van der Waals surface area (Å²) in [7, 11) is 1.59. The Morgan fingerprint density at radius 1 is 1.39 bits per heavy atom. The zero-order chi connectivity index (χ0) is 13.2. The van der Waals surface area contributed by atoms with Crippen LogP contribution in [-0.2, 0) is 18.9 Å². The maximum atomic E-state index is 8.44. The zero-order valence-electron chi connectivity index (χ0n) is 10.7. The van der Waals surface area contributed by atoms with Crippen molar-refractivity contribution in [3.05, 3.63) is 12.2 Å². The van der Waals surface area contributed by atoms with Gasteiger partial charge in [-0.05, 0) is 25.6 Å². The van der Waals surface area contributed by atoms with E-state index in [1.165, 1.54) is 11.8 Å². The van der Waals surface area contributed by atoms with E-state index in [1.807, 2.05) is 31.4 Å². The number of ether oxygens (including phenoxy) is 4. The SMILES string of the molecule is CO[C@@H]1O[C@H](/C=C/CSC#N)[C@H]2OC(C)(C)O[C@@H]12. The minimum atomic E-state index is -0.608. The number of thiocyanates is 1. The first-order chi connectivity index (χ1) is 8.57. The molecule has 18 heavy (non-hydrogen) atoms. The normalized spacial score (nSPS) is 37.9. The van der Waals surface area contributed by atoms with E-state index in [4.69, 9.17) is 24.2 Å². The minimum absolute atomic E-state index is 0.159. The molecule has 2 aliphatic heterocycles. The van der Waals surface area contributed by atoms with Crippen LogP contribution in [0.25, 0.3) is 0 Å². The number of nitrogens with zero attached hydrogens (tertiary/aromatic N) is 1. The van der Waals surface area contributed by atoms with E-state index in [9.17, 15) is 0 Å². The summed E-state index contributed by atoms with van der Waals surface area (Å²) in [6.07, 6.45) is 2.85. The molecule has 2 aliphatic rings. The van der Waals surface area contributed by atoms with Crippen LogP contribution in [-0.4, -0.2) is 43.3 Å². The van der Waals surface area contributed by atoms with E-state index in [-0.39, 0.29) is 18.3 Å². The van der Waals surface area contributed by atoms with Crippen molar-refractivity contribution >= 4 is 11.8 Å². The van der Waals surface area contributed by atoms with Gasteiger partial charge in [0.05, 0.1) is 0 Å². The molecule has 2 saturated heterocycles. The molecule has 5 nitrogen and oxygen atoms in total. The van der Waals surface area contributed by atoms with E-state index >= 15 is 0 Å². The van der Waals surface area contributed by atoms with E-state index in [0.717, 1.165) is 0 Å².